The van der Waals surface area contributed by atoms with Crippen molar-refractivity contribution in [2.75, 3.05) is 44.4 Å². The molecule has 1 aliphatic heterocycles. The number of benzene rings is 1. The van der Waals surface area contributed by atoms with E-state index in [1.165, 1.54) is 0 Å². The number of hydrogen-bond donors (Lipinski definition) is 3. The van der Waals surface area contributed by atoms with Crippen molar-refractivity contribution < 1.29 is 9.59 Å². The largest absolute Gasteiger partial charge is 0.326 e. The van der Waals surface area contributed by atoms with E-state index in [4.69, 9.17) is 0 Å². The molecule has 1 saturated heterocycles. The Hall–Kier alpha value is -1.92. The molecule has 2 rings (SSSR count). The van der Waals surface area contributed by atoms with Crippen molar-refractivity contribution in [3.05, 3.63) is 24.3 Å². The number of carbonyl (C=O) groups excluding carboxylic acids is 2. The zero-order valence-electron chi connectivity index (χ0n) is 13.2. The second kappa shape index (κ2) is 7.91. The Labute approximate surface area is 131 Å². The van der Waals surface area contributed by atoms with Crippen molar-refractivity contribution >= 4 is 23.2 Å². The van der Waals surface area contributed by atoms with Gasteiger partial charge >= 0.3 is 0 Å². The fourth-order valence-corrected chi connectivity index (χ4v) is 2.48. The third-order valence-electron chi connectivity index (χ3n) is 3.54. The average molecular weight is 304 g/mol. The van der Waals surface area contributed by atoms with Crippen molar-refractivity contribution in [1.29, 1.82) is 0 Å². The van der Waals surface area contributed by atoms with Gasteiger partial charge in [-0.1, -0.05) is 6.07 Å². The van der Waals surface area contributed by atoms with Crippen LogP contribution >= 0.6 is 0 Å². The lowest BCUT2D eigenvalue weighted by Gasteiger charge is -2.22. The third kappa shape index (κ3) is 5.13. The van der Waals surface area contributed by atoms with Crippen LogP contribution in [-0.4, -0.2) is 50.4 Å². The molecule has 0 saturated carbocycles. The van der Waals surface area contributed by atoms with Gasteiger partial charge in [0.15, 0.2) is 0 Å². The molecular weight excluding hydrogens is 280 g/mol. The number of likely N-dealkylation sites (N-methyl/N-ethyl adjacent to an activating group) is 1. The topological polar surface area (TPSA) is 73.5 Å². The van der Waals surface area contributed by atoms with Gasteiger partial charge in [0.25, 0.3) is 0 Å². The van der Waals surface area contributed by atoms with E-state index in [-0.39, 0.29) is 17.7 Å². The molecule has 0 aliphatic carbocycles. The Morgan fingerprint density at radius 2 is 2.00 bits per heavy atom. The second-order valence-corrected chi connectivity index (χ2v) is 5.90. The van der Waals surface area contributed by atoms with Crippen LogP contribution in [0.3, 0.4) is 0 Å². The van der Waals surface area contributed by atoms with Crippen LogP contribution in [-0.2, 0) is 9.59 Å². The number of rotatable bonds is 5. The number of nitrogens with zero attached hydrogens (tertiary/aromatic N) is 1. The zero-order chi connectivity index (χ0) is 15.9. The van der Waals surface area contributed by atoms with E-state index in [0.29, 0.717) is 17.9 Å². The molecule has 1 aromatic carbocycles. The van der Waals surface area contributed by atoms with Gasteiger partial charge in [-0.2, -0.15) is 0 Å². The Balaban J connectivity index is 1.93. The molecule has 6 nitrogen and oxygen atoms in total. The molecule has 1 atom stereocenters. The summed E-state index contributed by atoms with van der Waals surface area (Å²) in [6, 6.07) is 7.24. The third-order valence-corrected chi connectivity index (χ3v) is 3.54. The number of piperidine rings is 1. The first-order chi connectivity index (χ1) is 10.5. The molecule has 0 unspecified atom stereocenters. The lowest BCUT2D eigenvalue weighted by Crippen LogP contribution is -2.37. The van der Waals surface area contributed by atoms with Gasteiger partial charge in [-0.15, -0.1) is 0 Å². The molecule has 3 N–H and O–H groups in total. The molecule has 2 amide bonds. The second-order valence-electron chi connectivity index (χ2n) is 5.90. The summed E-state index contributed by atoms with van der Waals surface area (Å²) in [5.74, 6) is -0.0327. The smallest absolute Gasteiger partial charge is 0.238 e. The SMILES string of the molecule is CN(C)CC(=O)Nc1cccc(NC(=O)[C@H]2CCCNC2)c1. The molecule has 6 heteroatoms. The fourth-order valence-electron chi connectivity index (χ4n) is 2.48. The monoisotopic (exact) mass is 304 g/mol. The Bertz CT molecular complexity index is 525. The van der Waals surface area contributed by atoms with E-state index < -0.39 is 0 Å². The highest BCUT2D eigenvalue weighted by atomic mass is 16.2. The Morgan fingerprint density at radius 3 is 2.64 bits per heavy atom. The number of amides is 2. The molecule has 0 spiro atoms. The Morgan fingerprint density at radius 1 is 1.27 bits per heavy atom. The molecule has 1 heterocycles. The lowest BCUT2D eigenvalue weighted by atomic mass is 9.99. The standard InChI is InChI=1S/C16H24N4O2/c1-20(2)11-15(21)18-13-6-3-7-14(9-13)19-16(22)12-5-4-8-17-10-12/h3,6-7,9,12,17H,4-5,8,10-11H2,1-2H3,(H,18,21)(H,19,22)/t12-/m0/s1. The molecule has 120 valence electrons. The summed E-state index contributed by atoms with van der Waals surface area (Å²) >= 11 is 0. The van der Waals surface area contributed by atoms with E-state index in [2.05, 4.69) is 16.0 Å². The summed E-state index contributed by atoms with van der Waals surface area (Å²) < 4.78 is 0. The van der Waals surface area contributed by atoms with Crippen LogP contribution in [0.25, 0.3) is 0 Å². The Kier molecular flexibility index (Phi) is 5.91. The van der Waals surface area contributed by atoms with Crippen LogP contribution in [0.15, 0.2) is 24.3 Å². The summed E-state index contributed by atoms with van der Waals surface area (Å²) in [7, 11) is 3.68. The van der Waals surface area contributed by atoms with Gasteiger partial charge in [-0.25, -0.2) is 0 Å². The molecule has 1 aliphatic rings. The number of nitrogens with one attached hydrogen (secondary N) is 3. The zero-order valence-corrected chi connectivity index (χ0v) is 13.2. The number of hydrogen-bond acceptors (Lipinski definition) is 4. The van der Waals surface area contributed by atoms with E-state index in [1.807, 2.05) is 32.3 Å². The number of anilines is 2. The van der Waals surface area contributed by atoms with Crippen LogP contribution in [0, 0.1) is 5.92 Å². The maximum atomic E-state index is 12.2. The van der Waals surface area contributed by atoms with Gasteiger partial charge in [0.2, 0.25) is 11.8 Å². The van der Waals surface area contributed by atoms with E-state index in [0.717, 1.165) is 25.9 Å². The van der Waals surface area contributed by atoms with Crippen molar-refractivity contribution in [2.24, 2.45) is 5.92 Å². The molecule has 0 aromatic heterocycles. The van der Waals surface area contributed by atoms with Gasteiger partial charge in [-0.3, -0.25) is 9.59 Å². The summed E-state index contributed by atoms with van der Waals surface area (Å²) in [6.07, 6.45) is 1.94. The van der Waals surface area contributed by atoms with Crippen LogP contribution in [0.4, 0.5) is 11.4 Å². The summed E-state index contributed by atoms with van der Waals surface area (Å²) in [4.78, 5) is 25.8. The minimum atomic E-state index is -0.0787. The van der Waals surface area contributed by atoms with Crippen molar-refractivity contribution in [3.8, 4) is 0 Å². The summed E-state index contributed by atoms with van der Waals surface area (Å²) in [5, 5.41) is 8.98. The highest BCUT2D eigenvalue weighted by Crippen LogP contribution is 2.18. The van der Waals surface area contributed by atoms with Gasteiger partial charge < -0.3 is 20.9 Å². The maximum absolute atomic E-state index is 12.2. The summed E-state index contributed by atoms with van der Waals surface area (Å²) in [5.41, 5.74) is 1.39. The number of carbonyl (C=O) groups is 2. The minimum absolute atomic E-state index is 0.0146. The molecule has 0 radical (unpaired) electrons. The average Bonchev–Trinajstić information content (AvgIpc) is 2.47. The highest BCUT2D eigenvalue weighted by molar-refractivity contribution is 5.95. The molecule has 1 fully saturated rings. The first-order valence-corrected chi connectivity index (χ1v) is 7.61. The van der Waals surface area contributed by atoms with Crippen LogP contribution in [0.1, 0.15) is 12.8 Å². The summed E-state index contributed by atoms with van der Waals surface area (Å²) in [6.45, 7) is 2.03. The van der Waals surface area contributed by atoms with Crippen LogP contribution in [0.5, 0.6) is 0 Å². The van der Waals surface area contributed by atoms with Gasteiger partial charge in [0, 0.05) is 17.9 Å². The maximum Gasteiger partial charge on any atom is 0.238 e. The normalized spacial score (nSPS) is 18.0. The predicted octanol–water partition coefficient (Wildman–Crippen LogP) is 1.12. The van der Waals surface area contributed by atoms with Gasteiger partial charge in [-0.05, 0) is 51.7 Å². The quantitative estimate of drug-likeness (QED) is 0.762. The minimum Gasteiger partial charge on any atom is -0.326 e. The van der Waals surface area contributed by atoms with Crippen LogP contribution in [0.2, 0.25) is 0 Å². The first-order valence-electron chi connectivity index (χ1n) is 7.61. The highest BCUT2D eigenvalue weighted by Gasteiger charge is 2.20. The molecule has 0 bridgehead atoms. The first kappa shape index (κ1) is 16.5. The van der Waals surface area contributed by atoms with Gasteiger partial charge in [0.1, 0.15) is 0 Å². The van der Waals surface area contributed by atoms with Crippen molar-refractivity contribution in [1.82, 2.24) is 10.2 Å². The molecule has 22 heavy (non-hydrogen) atoms. The molecular formula is C16H24N4O2. The molecule has 1 aromatic rings. The van der Waals surface area contributed by atoms with E-state index in [1.54, 1.807) is 11.0 Å². The van der Waals surface area contributed by atoms with Crippen molar-refractivity contribution in [3.63, 3.8) is 0 Å². The van der Waals surface area contributed by atoms with Gasteiger partial charge in [0.05, 0.1) is 12.5 Å². The lowest BCUT2D eigenvalue weighted by molar-refractivity contribution is -0.120. The van der Waals surface area contributed by atoms with E-state index >= 15 is 0 Å². The van der Waals surface area contributed by atoms with E-state index in [9.17, 15) is 9.59 Å². The fraction of sp³-hybridized carbons (Fsp3) is 0.500. The van der Waals surface area contributed by atoms with Crippen molar-refractivity contribution in [2.45, 2.75) is 12.8 Å². The van der Waals surface area contributed by atoms with Crippen LogP contribution < -0.4 is 16.0 Å². The predicted molar refractivity (Wildman–Crippen MR) is 87.8 cm³/mol.